The van der Waals surface area contributed by atoms with Gasteiger partial charge in [-0.25, -0.2) is 9.36 Å². The molecule has 1 saturated heterocycles. The Labute approximate surface area is 169 Å². The van der Waals surface area contributed by atoms with Crippen molar-refractivity contribution in [2.75, 3.05) is 18.7 Å². The molecule has 1 aliphatic heterocycles. The Morgan fingerprint density at radius 1 is 1.59 bits per heavy atom. The Morgan fingerprint density at radius 2 is 2.23 bits per heavy atom. The predicted molar refractivity (Wildman–Crippen MR) is 61.0 cm³/mol. The molecule has 1 aromatic heterocycles. The molecule has 0 bridgehead atoms. The number of aliphatic hydroxyl groups excluding tert-OH is 1. The fraction of sp³-hybridized carbons (Fsp3) is 0.556. The second-order valence-corrected chi connectivity index (χ2v) is 5.75. The van der Waals surface area contributed by atoms with Gasteiger partial charge < -0.3 is 34.7 Å². The van der Waals surface area contributed by atoms with Crippen LogP contribution in [-0.4, -0.2) is 33.7 Å². The monoisotopic (exact) mass is 351 g/mol. The van der Waals surface area contributed by atoms with E-state index >= 15 is 0 Å². The Morgan fingerprint density at radius 3 is 2.68 bits per heavy atom. The molecule has 0 spiro atoms. The van der Waals surface area contributed by atoms with Crippen LogP contribution < -0.4 is 80.3 Å². The van der Waals surface area contributed by atoms with E-state index in [1.165, 1.54) is 12.3 Å². The molecule has 3 N–H and O–H groups in total. The Bertz CT molecular complexity index is 609. The third-order valence-electron chi connectivity index (χ3n) is 2.64. The summed E-state index contributed by atoms with van der Waals surface area (Å²) in [4.78, 5) is 36.6. The summed E-state index contributed by atoms with van der Waals surface area (Å²) in [6.45, 7) is -0.182. The summed E-state index contributed by atoms with van der Waals surface area (Å²) in [6.07, 6.45) is -1.20. The second-order valence-electron chi connectivity index (χ2n) is 4.27. The molecule has 0 aromatic carbocycles. The van der Waals surface area contributed by atoms with Gasteiger partial charge in [0.15, 0.2) is 0 Å². The average Bonchev–Trinajstić information content (AvgIpc) is 2.69. The Kier molecular flexibility index (Phi) is 8.98. The maximum Gasteiger partial charge on any atom is 1.00 e. The minimum atomic E-state index is -4.97. The third kappa shape index (κ3) is 5.66. The van der Waals surface area contributed by atoms with E-state index < -0.39 is 31.6 Å². The van der Waals surface area contributed by atoms with Crippen molar-refractivity contribution >= 4 is 13.4 Å². The fourth-order valence-corrected chi connectivity index (χ4v) is 2.20. The van der Waals surface area contributed by atoms with Gasteiger partial charge in [0.2, 0.25) is 0 Å². The van der Waals surface area contributed by atoms with E-state index in [2.05, 4.69) is 4.98 Å². The zero-order valence-electron chi connectivity index (χ0n) is 12.2. The topological polar surface area (TPSA) is 163 Å². The molecule has 2 atom stereocenters. The van der Waals surface area contributed by atoms with E-state index in [0.717, 1.165) is 4.57 Å². The van der Waals surface area contributed by atoms with Gasteiger partial charge in [0, 0.05) is 6.20 Å². The van der Waals surface area contributed by atoms with Gasteiger partial charge in [-0.3, -0.25) is 0 Å². The first-order valence-electron chi connectivity index (χ1n) is 5.55. The standard InChI is InChI=1S/C9H14N3O7P.2Na/c10-7-1-2-12(8(14)11-7)9(3-6(13)4-18-9)19-5-20(15,16)17;;/h1-2,6,13H,3-5H2,(H2,10,11,14)(H2,15,16,17);;/q;2*+1/p-2/t6-,9-;;/m0../s1. The van der Waals surface area contributed by atoms with Gasteiger partial charge in [-0.2, -0.15) is 4.98 Å². The van der Waals surface area contributed by atoms with E-state index in [0.29, 0.717) is 0 Å². The number of aliphatic hydroxyl groups is 1. The summed E-state index contributed by atoms with van der Waals surface area (Å²) in [7, 11) is -4.97. The number of nitrogens with two attached hydrogens (primary N) is 1. The smallest absolute Gasteiger partial charge is 0.809 e. The third-order valence-corrected chi connectivity index (χ3v) is 3.08. The van der Waals surface area contributed by atoms with Gasteiger partial charge in [0.25, 0.3) is 5.91 Å². The summed E-state index contributed by atoms with van der Waals surface area (Å²) in [6, 6.07) is 1.27. The van der Waals surface area contributed by atoms with E-state index in [1.54, 1.807) is 0 Å². The van der Waals surface area contributed by atoms with Gasteiger partial charge in [0.1, 0.15) is 5.82 Å². The predicted octanol–water partition coefficient (Wildman–Crippen LogP) is -8.89. The molecule has 0 aliphatic carbocycles. The summed E-state index contributed by atoms with van der Waals surface area (Å²) < 4.78 is 21.6. The summed E-state index contributed by atoms with van der Waals surface area (Å²) >= 11 is 0. The van der Waals surface area contributed by atoms with Crippen LogP contribution >= 0.6 is 7.60 Å². The van der Waals surface area contributed by atoms with Crippen LogP contribution in [0.25, 0.3) is 0 Å². The van der Waals surface area contributed by atoms with Gasteiger partial charge in [-0.05, 0) is 13.7 Å². The molecule has 2 heterocycles. The first-order chi connectivity index (χ1) is 9.22. The van der Waals surface area contributed by atoms with Crippen molar-refractivity contribution in [3.63, 3.8) is 0 Å². The minimum absolute atomic E-state index is 0. The van der Waals surface area contributed by atoms with Gasteiger partial charge >= 0.3 is 64.8 Å². The van der Waals surface area contributed by atoms with Gasteiger partial charge in [-0.15, -0.1) is 0 Å². The minimum Gasteiger partial charge on any atom is -0.809 e. The van der Waals surface area contributed by atoms with Crippen molar-refractivity contribution in [1.82, 2.24) is 9.55 Å². The average molecular weight is 351 g/mol. The zero-order valence-corrected chi connectivity index (χ0v) is 17.1. The van der Waals surface area contributed by atoms with E-state index in [1.807, 2.05) is 0 Å². The number of nitrogens with zero attached hydrogens (tertiary/aromatic N) is 2. The van der Waals surface area contributed by atoms with Gasteiger partial charge in [-0.1, -0.05) is 0 Å². The molecule has 13 heteroatoms. The number of anilines is 1. The molecule has 2 rings (SSSR count). The number of nitrogen functional groups attached to an aromatic ring is 1. The molecule has 1 aromatic rings. The van der Waals surface area contributed by atoms with Crippen molar-refractivity contribution < 1.29 is 88.0 Å². The van der Waals surface area contributed by atoms with Crippen LogP contribution in [0.5, 0.6) is 0 Å². The molecule has 10 nitrogen and oxygen atoms in total. The molecular weight excluding hydrogens is 339 g/mol. The number of hydrogen-bond donors (Lipinski definition) is 2. The molecule has 112 valence electrons. The van der Waals surface area contributed by atoms with Crippen LogP contribution in [0.3, 0.4) is 0 Å². The molecular formula is C9H12N3Na2O7P. The van der Waals surface area contributed by atoms with Crippen molar-refractivity contribution in [2.24, 2.45) is 0 Å². The van der Waals surface area contributed by atoms with Crippen LogP contribution in [0.15, 0.2) is 17.1 Å². The van der Waals surface area contributed by atoms with E-state index in [4.69, 9.17) is 15.2 Å². The van der Waals surface area contributed by atoms with Crippen molar-refractivity contribution in [1.29, 1.82) is 0 Å². The quantitative estimate of drug-likeness (QED) is 0.396. The Hall–Kier alpha value is 0.710. The number of ether oxygens (including phenoxy) is 2. The van der Waals surface area contributed by atoms with Crippen LogP contribution in [0, 0.1) is 0 Å². The first-order valence-corrected chi connectivity index (χ1v) is 7.27. The molecule has 22 heavy (non-hydrogen) atoms. The molecule has 1 aliphatic rings. The van der Waals surface area contributed by atoms with Crippen LogP contribution in [0.2, 0.25) is 0 Å². The SMILES string of the molecule is Nc1ccn([C@@]2(OCP(=O)([O-])[O-])C[C@H](O)CO2)c(=O)n1.[Na+].[Na+]. The largest absolute Gasteiger partial charge is 1.00 e. The normalized spacial score (nSPS) is 24.4. The molecule has 0 saturated carbocycles. The van der Waals surface area contributed by atoms with Crippen LogP contribution in [0.4, 0.5) is 5.82 Å². The summed E-state index contributed by atoms with van der Waals surface area (Å²) in [5.74, 6) is -1.93. The van der Waals surface area contributed by atoms with Crippen LogP contribution in [0.1, 0.15) is 6.42 Å². The molecule has 0 amide bonds. The van der Waals surface area contributed by atoms with Crippen molar-refractivity contribution in [2.45, 2.75) is 18.4 Å². The van der Waals surface area contributed by atoms with Crippen molar-refractivity contribution in [3.05, 3.63) is 22.7 Å². The zero-order chi connectivity index (χ0) is 15.0. The maximum absolute atomic E-state index is 11.8. The van der Waals surface area contributed by atoms with Crippen LogP contribution in [-0.2, 0) is 19.9 Å². The second kappa shape index (κ2) is 8.70. The molecule has 0 unspecified atom stereocenters. The van der Waals surface area contributed by atoms with Gasteiger partial charge in [0.05, 0.1) is 25.5 Å². The maximum atomic E-state index is 11.8. The summed E-state index contributed by atoms with van der Waals surface area (Å²) in [5, 5.41) is 9.51. The van der Waals surface area contributed by atoms with Crippen molar-refractivity contribution in [3.8, 4) is 0 Å². The number of rotatable bonds is 4. The van der Waals surface area contributed by atoms with E-state index in [9.17, 15) is 24.3 Å². The molecule has 0 radical (unpaired) electrons. The van der Waals surface area contributed by atoms with E-state index in [-0.39, 0.29) is 78.0 Å². The number of hydrogen-bond acceptors (Lipinski definition) is 9. The summed E-state index contributed by atoms with van der Waals surface area (Å²) in [5.41, 5.74) is 4.48. The first kappa shape index (κ1) is 22.7. The molecule has 1 fully saturated rings. The number of aromatic nitrogens is 2. The Balaban J connectivity index is 0.00000220. The fourth-order valence-electron chi connectivity index (χ4n) is 1.84.